The average molecular weight is 369 g/mol. The number of nitrogens with zero attached hydrogens (tertiary/aromatic N) is 1. The summed E-state index contributed by atoms with van der Waals surface area (Å²) in [4.78, 5) is 15.7. The predicted molar refractivity (Wildman–Crippen MR) is 111 cm³/mol. The molecule has 138 valence electrons. The number of nitrogens with one attached hydrogen (secondary N) is 2. The van der Waals surface area contributed by atoms with Crippen LogP contribution in [0.15, 0.2) is 90.2 Å². The van der Waals surface area contributed by atoms with E-state index in [1.165, 1.54) is 0 Å². The summed E-state index contributed by atoms with van der Waals surface area (Å²) in [5, 5.41) is 5.15. The molecule has 1 heterocycles. The van der Waals surface area contributed by atoms with E-state index in [2.05, 4.69) is 15.5 Å². The number of H-pyrrole nitrogens is 1. The highest BCUT2D eigenvalue weighted by Gasteiger charge is 2.11. The number of para-hydroxylation sites is 2. The number of fused-ring (bicyclic) bond motifs is 1. The van der Waals surface area contributed by atoms with E-state index < -0.39 is 0 Å². The molecule has 0 radical (unpaired) electrons. The molecule has 0 aliphatic rings. The summed E-state index contributed by atoms with van der Waals surface area (Å²) in [6, 6.07) is 24.9. The molecule has 0 atom stereocenters. The van der Waals surface area contributed by atoms with Gasteiger partial charge in [0.05, 0.1) is 11.8 Å². The van der Waals surface area contributed by atoms with E-state index >= 15 is 0 Å². The summed E-state index contributed by atoms with van der Waals surface area (Å²) >= 11 is 0. The number of aromatic nitrogens is 1. The molecule has 4 aromatic rings. The summed E-state index contributed by atoms with van der Waals surface area (Å²) in [5.41, 5.74) is 5.98. The SMILES string of the molecule is O=C(N/N=C/c1c[nH]c2ccccc12)c1ccccc1OCc1ccccc1. The number of carbonyl (C=O) groups excluding carboxylic acids is 1. The number of rotatable bonds is 6. The van der Waals surface area contributed by atoms with Crippen molar-refractivity contribution in [3.63, 3.8) is 0 Å². The highest BCUT2D eigenvalue weighted by atomic mass is 16.5. The molecule has 2 N–H and O–H groups in total. The van der Waals surface area contributed by atoms with Crippen LogP contribution in [0.1, 0.15) is 21.5 Å². The first-order valence-corrected chi connectivity index (χ1v) is 8.96. The van der Waals surface area contributed by atoms with Gasteiger partial charge in [-0.25, -0.2) is 5.43 Å². The summed E-state index contributed by atoms with van der Waals surface area (Å²) in [7, 11) is 0. The topological polar surface area (TPSA) is 66.5 Å². The molecule has 0 saturated heterocycles. The second-order valence-corrected chi connectivity index (χ2v) is 6.26. The van der Waals surface area contributed by atoms with Crippen molar-refractivity contribution in [3.8, 4) is 5.75 Å². The van der Waals surface area contributed by atoms with E-state index in [-0.39, 0.29) is 5.91 Å². The van der Waals surface area contributed by atoms with Gasteiger partial charge in [0.1, 0.15) is 12.4 Å². The first kappa shape index (κ1) is 17.5. The quantitative estimate of drug-likeness (QED) is 0.388. The molecule has 1 amide bonds. The van der Waals surface area contributed by atoms with Crippen LogP contribution in [0.2, 0.25) is 0 Å². The minimum atomic E-state index is -0.320. The summed E-state index contributed by atoms with van der Waals surface area (Å²) in [6.45, 7) is 0.393. The number of hydrazone groups is 1. The minimum absolute atomic E-state index is 0.320. The lowest BCUT2D eigenvalue weighted by Crippen LogP contribution is -2.18. The molecule has 5 nitrogen and oxygen atoms in total. The molecule has 0 fully saturated rings. The molecular formula is C23H19N3O2. The van der Waals surface area contributed by atoms with E-state index in [0.717, 1.165) is 22.0 Å². The largest absolute Gasteiger partial charge is 0.488 e. The first-order chi connectivity index (χ1) is 13.8. The summed E-state index contributed by atoms with van der Waals surface area (Å²) < 4.78 is 5.84. The van der Waals surface area contributed by atoms with Crippen molar-refractivity contribution in [2.24, 2.45) is 5.10 Å². The second kappa shape index (κ2) is 8.22. The molecule has 28 heavy (non-hydrogen) atoms. The third kappa shape index (κ3) is 3.94. The smallest absolute Gasteiger partial charge is 0.275 e. The van der Waals surface area contributed by atoms with Crippen LogP contribution in [0.3, 0.4) is 0 Å². The number of amides is 1. The molecule has 5 heteroatoms. The van der Waals surface area contributed by atoms with Crippen LogP contribution < -0.4 is 10.2 Å². The van der Waals surface area contributed by atoms with Gasteiger partial charge in [0.2, 0.25) is 0 Å². The Bertz CT molecular complexity index is 1120. The van der Waals surface area contributed by atoms with Crippen LogP contribution in [0.4, 0.5) is 0 Å². The van der Waals surface area contributed by atoms with Crippen LogP contribution in [0.5, 0.6) is 5.75 Å². The molecule has 0 unspecified atom stereocenters. The lowest BCUT2D eigenvalue weighted by atomic mass is 10.2. The maximum atomic E-state index is 12.6. The second-order valence-electron chi connectivity index (χ2n) is 6.26. The zero-order chi connectivity index (χ0) is 19.2. The van der Waals surface area contributed by atoms with E-state index in [4.69, 9.17) is 4.74 Å². The fourth-order valence-corrected chi connectivity index (χ4v) is 2.94. The average Bonchev–Trinajstić information content (AvgIpc) is 3.16. The summed E-state index contributed by atoms with van der Waals surface area (Å²) in [6.07, 6.45) is 3.49. The van der Waals surface area contributed by atoms with Crippen LogP contribution in [0.25, 0.3) is 10.9 Å². The van der Waals surface area contributed by atoms with Crippen molar-refractivity contribution in [2.75, 3.05) is 0 Å². The fraction of sp³-hybridized carbons (Fsp3) is 0.0435. The van der Waals surface area contributed by atoms with Crippen LogP contribution in [0, 0.1) is 0 Å². The van der Waals surface area contributed by atoms with E-state index in [0.29, 0.717) is 17.9 Å². The first-order valence-electron chi connectivity index (χ1n) is 8.96. The Morgan fingerprint density at radius 1 is 0.964 bits per heavy atom. The molecule has 0 saturated carbocycles. The Morgan fingerprint density at radius 2 is 1.71 bits per heavy atom. The van der Waals surface area contributed by atoms with Gasteiger partial charge in [-0.15, -0.1) is 0 Å². The normalized spacial score (nSPS) is 11.0. The number of carbonyl (C=O) groups is 1. The van der Waals surface area contributed by atoms with Gasteiger partial charge >= 0.3 is 0 Å². The maximum Gasteiger partial charge on any atom is 0.275 e. The van der Waals surface area contributed by atoms with Crippen molar-refractivity contribution >= 4 is 23.0 Å². The summed E-state index contributed by atoms with van der Waals surface area (Å²) in [5.74, 6) is 0.200. The van der Waals surface area contributed by atoms with Gasteiger partial charge in [-0.1, -0.05) is 60.7 Å². The molecule has 3 aromatic carbocycles. The Balaban J connectivity index is 1.44. The molecule has 0 spiro atoms. The van der Waals surface area contributed by atoms with Crippen LogP contribution >= 0.6 is 0 Å². The molecule has 0 aliphatic carbocycles. The van der Waals surface area contributed by atoms with Gasteiger partial charge in [0, 0.05) is 22.7 Å². The van der Waals surface area contributed by atoms with Gasteiger partial charge in [-0.3, -0.25) is 4.79 Å². The van der Waals surface area contributed by atoms with Crippen molar-refractivity contribution in [1.82, 2.24) is 10.4 Å². The van der Waals surface area contributed by atoms with Gasteiger partial charge in [0.25, 0.3) is 5.91 Å². The van der Waals surface area contributed by atoms with Crippen LogP contribution in [-0.4, -0.2) is 17.1 Å². The Kier molecular flexibility index (Phi) is 5.15. The number of benzene rings is 3. The van der Waals surface area contributed by atoms with Crippen molar-refractivity contribution in [1.29, 1.82) is 0 Å². The number of aromatic amines is 1. The lowest BCUT2D eigenvalue weighted by molar-refractivity contribution is 0.0950. The van der Waals surface area contributed by atoms with Crippen molar-refractivity contribution in [3.05, 3.63) is 102 Å². The fourth-order valence-electron chi connectivity index (χ4n) is 2.94. The standard InChI is InChI=1S/C23H19N3O2/c27-23(26-25-15-18-14-24-21-12-6-4-10-19(18)21)20-11-5-7-13-22(20)28-16-17-8-2-1-3-9-17/h1-15,24H,16H2,(H,26,27)/b25-15+. The number of hydrogen-bond donors (Lipinski definition) is 2. The number of ether oxygens (including phenoxy) is 1. The van der Waals surface area contributed by atoms with E-state index in [1.807, 2.05) is 66.9 Å². The van der Waals surface area contributed by atoms with Gasteiger partial charge in [-0.05, 0) is 23.8 Å². The minimum Gasteiger partial charge on any atom is -0.488 e. The monoisotopic (exact) mass is 369 g/mol. The molecule has 0 aliphatic heterocycles. The lowest BCUT2D eigenvalue weighted by Gasteiger charge is -2.10. The molecule has 4 rings (SSSR count). The third-order valence-electron chi connectivity index (χ3n) is 4.36. The van der Waals surface area contributed by atoms with Gasteiger partial charge in [-0.2, -0.15) is 5.10 Å². The molecule has 1 aromatic heterocycles. The molecular weight excluding hydrogens is 350 g/mol. The highest BCUT2D eigenvalue weighted by Crippen LogP contribution is 2.19. The molecule has 0 bridgehead atoms. The third-order valence-corrected chi connectivity index (χ3v) is 4.36. The Morgan fingerprint density at radius 3 is 2.61 bits per heavy atom. The van der Waals surface area contributed by atoms with Gasteiger partial charge in [0.15, 0.2) is 0 Å². The zero-order valence-corrected chi connectivity index (χ0v) is 15.1. The Hall–Kier alpha value is -3.86. The Labute approximate surface area is 162 Å². The van der Waals surface area contributed by atoms with Crippen molar-refractivity contribution in [2.45, 2.75) is 6.61 Å². The zero-order valence-electron chi connectivity index (χ0n) is 15.1. The number of hydrogen-bond acceptors (Lipinski definition) is 3. The van der Waals surface area contributed by atoms with Crippen molar-refractivity contribution < 1.29 is 9.53 Å². The van der Waals surface area contributed by atoms with E-state index in [1.54, 1.807) is 24.4 Å². The van der Waals surface area contributed by atoms with E-state index in [9.17, 15) is 4.79 Å². The maximum absolute atomic E-state index is 12.6. The predicted octanol–water partition coefficient (Wildman–Crippen LogP) is 4.51. The highest BCUT2D eigenvalue weighted by molar-refractivity contribution is 6.00. The van der Waals surface area contributed by atoms with Gasteiger partial charge < -0.3 is 9.72 Å². The van der Waals surface area contributed by atoms with Crippen LogP contribution in [-0.2, 0) is 6.61 Å².